The highest BCUT2D eigenvalue weighted by molar-refractivity contribution is 5.95. The lowest BCUT2D eigenvalue weighted by Gasteiger charge is -2.12. The average Bonchev–Trinajstić information content (AvgIpc) is 2.30. The number of nitrogens with one attached hydrogen (secondary N) is 1. The maximum absolute atomic E-state index is 11.9. The van der Waals surface area contributed by atoms with E-state index in [-0.39, 0.29) is 11.9 Å². The SMILES string of the molecule is C=CC(C)NC(=O)c1ccccc1CCN. The Balaban J connectivity index is 2.85. The van der Waals surface area contributed by atoms with Gasteiger partial charge in [-0.3, -0.25) is 4.79 Å². The van der Waals surface area contributed by atoms with Crippen molar-refractivity contribution < 1.29 is 4.79 Å². The predicted octanol–water partition coefficient (Wildman–Crippen LogP) is 1.49. The number of hydrogen-bond donors (Lipinski definition) is 2. The summed E-state index contributed by atoms with van der Waals surface area (Å²) in [5.41, 5.74) is 7.19. The van der Waals surface area contributed by atoms with Gasteiger partial charge in [-0.25, -0.2) is 0 Å². The van der Waals surface area contributed by atoms with Crippen molar-refractivity contribution in [3.05, 3.63) is 48.0 Å². The van der Waals surface area contributed by atoms with Gasteiger partial charge in [0.15, 0.2) is 0 Å². The fourth-order valence-electron chi connectivity index (χ4n) is 1.46. The van der Waals surface area contributed by atoms with Crippen LogP contribution in [-0.2, 0) is 6.42 Å². The number of carbonyl (C=O) groups is 1. The number of nitrogens with two attached hydrogens (primary N) is 1. The van der Waals surface area contributed by atoms with E-state index in [4.69, 9.17) is 5.73 Å². The number of amides is 1. The summed E-state index contributed by atoms with van der Waals surface area (Å²) in [4.78, 5) is 11.9. The minimum Gasteiger partial charge on any atom is -0.346 e. The van der Waals surface area contributed by atoms with Gasteiger partial charge >= 0.3 is 0 Å². The van der Waals surface area contributed by atoms with Crippen LogP contribution >= 0.6 is 0 Å². The van der Waals surface area contributed by atoms with Crippen LogP contribution in [0.1, 0.15) is 22.8 Å². The van der Waals surface area contributed by atoms with Crippen LogP contribution < -0.4 is 11.1 Å². The molecule has 0 bridgehead atoms. The summed E-state index contributed by atoms with van der Waals surface area (Å²) < 4.78 is 0. The predicted molar refractivity (Wildman–Crippen MR) is 66.3 cm³/mol. The lowest BCUT2D eigenvalue weighted by Crippen LogP contribution is -2.31. The Bertz CT molecular complexity index is 374. The van der Waals surface area contributed by atoms with Crippen molar-refractivity contribution in [1.29, 1.82) is 0 Å². The molecule has 0 heterocycles. The van der Waals surface area contributed by atoms with E-state index in [0.717, 1.165) is 5.56 Å². The molecule has 16 heavy (non-hydrogen) atoms. The quantitative estimate of drug-likeness (QED) is 0.736. The monoisotopic (exact) mass is 218 g/mol. The average molecular weight is 218 g/mol. The highest BCUT2D eigenvalue weighted by Crippen LogP contribution is 2.09. The fourth-order valence-corrected chi connectivity index (χ4v) is 1.46. The van der Waals surface area contributed by atoms with E-state index in [0.29, 0.717) is 18.5 Å². The largest absolute Gasteiger partial charge is 0.346 e. The van der Waals surface area contributed by atoms with Gasteiger partial charge in [-0.1, -0.05) is 24.3 Å². The van der Waals surface area contributed by atoms with E-state index in [9.17, 15) is 4.79 Å². The van der Waals surface area contributed by atoms with Crippen LogP contribution in [-0.4, -0.2) is 18.5 Å². The first-order valence-electron chi connectivity index (χ1n) is 5.40. The highest BCUT2D eigenvalue weighted by Gasteiger charge is 2.11. The molecule has 0 saturated heterocycles. The zero-order chi connectivity index (χ0) is 12.0. The molecule has 0 aromatic heterocycles. The third-order valence-electron chi connectivity index (χ3n) is 2.39. The molecule has 0 radical (unpaired) electrons. The summed E-state index contributed by atoms with van der Waals surface area (Å²) in [6, 6.07) is 7.49. The van der Waals surface area contributed by atoms with E-state index < -0.39 is 0 Å². The van der Waals surface area contributed by atoms with Crippen molar-refractivity contribution in [1.82, 2.24) is 5.32 Å². The van der Waals surface area contributed by atoms with Gasteiger partial charge in [0, 0.05) is 11.6 Å². The van der Waals surface area contributed by atoms with Crippen molar-refractivity contribution in [3.63, 3.8) is 0 Å². The number of benzene rings is 1. The first kappa shape index (κ1) is 12.5. The van der Waals surface area contributed by atoms with Gasteiger partial charge in [0.1, 0.15) is 0 Å². The molecule has 1 unspecified atom stereocenters. The number of rotatable bonds is 5. The normalized spacial score (nSPS) is 11.9. The Labute approximate surface area is 96.3 Å². The molecule has 3 heteroatoms. The van der Waals surface area contributed by atoms with E-state index in [1.807, 2.05) is 31.2 Å². The van der Waals surface area contributed by atoms with Gasteiger partial charge in [-0.15, -0.1) is 6.58 Å². The molecule has 0 aliphatic rings. The molecular formula is C13H18N2O. The van der Waals surface area contributed by atoms with Crippen LogP contribution in [0, 0.1) is 0 Å². The molecule has 0 fully saturated rings. The second-order valence-corrected chi connectivity index (χ2v) is 3.69. The van der Waals surface area contributed by atoms with Crippen molar-refractivity contribution in [2.45, 2.75) is 19.4 Å². The van der Waals surface area contributed by atoms with E-state index >= 15 is 0 Å². The third-order valence-corrected chi connectivity index (χ3v) is 2.39. The van der Waals surface area contributed by atoms with E-state index in [1.54, 1.807) is 6.08 Å². The van der Waals surface area contributed by atoms with Gasteiger partial charge in [0.2, 0.25) is 0 Å². The van der Waals surface area contributed by atoms with Crippen molar-refractivity contribution >= 4 is 5.91 Å². The minimum absolute atomic E-state index is 0.0292. The van der Waals surface area contributed by atoms with Crippen LogP contribution in [0.2, 0.25) is 0 Å². The number of hydrogen-bond acceptors (Lipinski definition) is 2. The lowest BCUT2D eigenvalue weighted by molar-refractivity contribution is 0.0946. The summed E-state index contributed by atoms with van der Waals surface area (Å²) >= 11 is 0. The number of carbonyl (C=O) groups excluding carboxylic acids is 1. The molecule has 1 rings (SSSR count). The third kappa shape index (κ3) is 3.21. The highest BCUT2D eigenvalue weighted by atomic mass is 16.1. The van der Waals surface area contributed by atoms with Crippen molar-refractivity contribution in [2.24, 2.45) is 5.73 Å². The second-order valence-electron chi connectivity index (χ2n) is 3.69. The Morgan fingerprint density at radius 2 is 2.25 bits per heavy atom. The van der Waals surface area contributed by atoms with Crippen LogP contribution in [0.25, 0.3) is 0 Å². The standard InChI is InChI=1S/C13H18N2O/c1-3-10(2)15-13(16)12-7-5-4-6-11(12)8-9-14/h3-7,10H,1,8-9,14H2,2H3,(H,15,16). The van der Waals surface area contributed by atoms with Crippen LogP contribution in [0.5, 0.6) is 0 Å². The summed E-state index contributed by atoms with van der Waals surface area (Å²) in [6.45, 7) is 6.06. The zero-order valence-electron chi connectivity index (χ0n) is 9.57. The first-order chi connectivity index (χ1) is 7.69. The summed E-state index contributed by atoms with van der Waals surface area (Å²) in [7, 11) is 0. The van der Waals surface area contributed by atoms with E-state index in [2.05, 4.69) is 11.9 Å². The summed E-state index contributed by atoms with van der Waals surface area (Å²) in [5.74, 6) is -0.0727. The smallest absolute Gasteiger partial charge is 0.252 e. The second kappa shape index (κ2) is 6.08. The molecule has 1 aromatic rings. The molecule has 0 aliphatic carbocycles. The summed E-state index contributed by atoms with van der Waals surface area (Å²) in [6.07, 6.45) is 2.41. The molecule has 0 aliphatic heterocycles. The van der Waals surface area contributed by atoms with Crippen LogP contribution in [0.15, 0.2) is 36.9 Å². The lowest BCUT2D eigenvalue weighted by atomic mass is 10.0. The maximum atomic E-state index is 11.9. The van der Waals surface area contributed by atoms with Crippen molar-refractivity contribution in [3.8, 4) is 0 Å². The van der Waals surface area contributed by atoms with Gasteiger partial charge in [-0.2, -0.15) is 0 Å². The maximum Gasteiger partial charge on any atom is 0.252 e. The Hall–Kier alpha value is -1.61. The zero-order valence-corrected chi connectivity index (χ0v) is 9.57. The molecule has 3 nitrogen and oxygen atoms in total. The Kier molecular flexibility index (Phi) is 4.73. The van der Waals surface area contributed by atoms with Gasteiger partial charge in [0.05, 0.1) is 0 Å². The molecule has 3 N–H and O–H groups in total. The molecule has 1 aromatic carbocycles. The topological polar surface area (TPSA) is 55.1 Å². The molecule has 86 valence electrons. The summed E-state index contributed by atoms with van der Waals surface area (Å²) in [5, 5.41) is 2.85. The van der Waals surface area contributed by atoms with Crippen LogP contribution in [0.3, 0.4) is 0 Å². The molecule has 0 saturated carbocycles. The first-order valence-corrected chi connectivity index (χ1v) is 5.40. The van der Waals surface area contributed by atoms with Gasteiger partial charge in [0.25, 0.3) is 5.91 Å². The molecule has 1 atom stereocenters. The Morgan fingerprint density at radius 1 is 1.56 bits per heavy atom. The van der Waals surface area contributed by atoms with Gasteiger partial charge in [-0.05, 0) is 31.5 Å². The van der Waals surface area contributed by atoms with Gasteiger partial charge < -0.3 is 11.1 Å². The minimum atomic E-state index is -0.0727. The van der Waals surface area contributed by atoms with Crippen molar-refractivity contribution in [2.75, 3.05) is 6.54 Å². The van der Waals surface area contributed by atoms with E-state index in [1.165, 1.54) is 0 Å². The molecule has 0 spiro atoms. The fraction of sp³-hybridized carbons (Fsp3) is 0.308. The molecule has 1 amide bonds. The van der Waals surface area contributed by atoms with Crippen LogP contribution in [0.4, 0.5) is 0 Å². The molecular weight excluding hydrogens is 200 g/mol. The Morgan fingerprint density at radius 3 is 2.88 bits per heavy atom.